The zero-order chi connectivity index (χ0) is 19.3. The van der Waals surface area contributed by atoms with Crippen LogP contribution >= 0.6 is 0 Å². The van der Waals surface area contributed by atoms with Gasteiger partial charge in [-0.05, 0) is 24.5 Å². The van der Waals surface area contributed by atoms with Crippen LogP contribution in [0.3, 0.4) is 0 Å². The van der Waals surface area contributed by atoms with Crippen LogP contribution in [0.25, 0.3) is 10.9 Å². The lowest BCUT2D eigenvalue weighted by atomic mass is 10.0. The normalized spacial score (nSPS) is 11.3. The lowest BCUT2D eigenvalue weighted by Gasteiger charge is -2.10. The zero-order valence-corrected chi connectivity index (χ0v) is 17.6. The summed E-state index contributed by atoms with van der Waals surface area (Å²) in [5.74, 6) is 0. The first kappa shape index (κ1) is 21.7. The van der Waals surface area contributed by atoms with Crippen molar-refractivity contribution in [2.45, 2.75) is 96.8 Å². The van der Waals surface area contributed by atoms with Gasteiger partial charge in [-0.3, -0.25) is 4.79 Å². The molecule has 0 saturated carbocycles. The second-order valence-electron chi connectivity index (χ2n) is 8.08. The van der Waals surface area contributed by atoms with Crippen molar-refractivity contribution >= 4 is 10.9 Å². The lowest BCUT2D eigenvalue weighted by Crippen LogP contribution is -2.17. The molecular weight excluding hydrogens is 330 g/mol. The van der Waals surface area contributed by atoms with E-state index in [-0.39, 0.29) is 5.56 Å². The van der Waals surface area contributed by atoms with Gasteiger partial charge in [0.1, 0.15) is 0 Å². The summed E-state index contributed by atoms with van der Waals surface area (Å²) in [6.07, 6.45) is 18.9. The molecular formula is C25H39NO. The predicted octanol–water partition coefficient (Wildman–Crippen LogP) is 7.17. The van der Waals surface area contributed by atoms with E-state index in [4.69, 9.17) is 0 Å². The van der Waals surface area contributed by atoms with Crippen molar-refractivity contribution < 1.29 is 0 Å². The van der Waals surface area contributed by atoms with Gasteiger partial charge in [-0.1, -0.05) is 102 Å². The number of unbranched alkanes of at least 4 members (excludes halogenated alkanes) is 12. The number of aromatic nitrogens is 1. The van der Waals surface area contributed by atoms with Crippen molar-refractivity contribution in [1.82, 2.24) is 4.57 Å². The molecule has 0 N–H and O–H groups in total. The van der Waals surface area contributed by atoms with E-state index < -0.39 is 0 Å². The minimum Gasteiger partial charge on any atom is -0.311 e. The molecule has 0 aliphatic carbocycles. The highest BCUT2D eigenvalue weighted by molar-refractivity contribution is 5.82. The fourth-order valence-corrected chi connectivity index (χ4v) is 4.02. The quantitative estimate of drug-likeness (QED) is 0.323. The molecule has 0 bridgehead atoms. The standard InChI is InChI=1S/C25H39NO/c1-3-4-5-6-7-8-9-10-11-12-13-14-15-18-22-21-25(27)26(2)24-20-17-16-19-23(22)24/h16-17,19-21H,3-15,18H2,1-2H3. The topological polar surface area (TPSA) is 22.0 Å². The average molecular weight is 370 g/mol. The van der Waals surface area contributed by atoms with E-state index in [1.54, 1.807) is 4.57 Å². The van der Waals surface area contributed by atoms with Crippen LogP contribution in [0, 0.1) is 0 Å². The fourth-order valence-electron chi connectivity index (χ4n) is 4.02. The maximum absolute atomic E-state index is 12.2. The summed E-state index contributed by atoms with van der Waals surface area (Å²) in [7, 11) is 1.86. The van der Waals surface area contributed by atoms with Gasteiger partial charge in [-0.15, -0.1) is 0 Å². The van der Waals surface area contributed by atoms with E-state index in [0.29, 0.717) is 0 Å². The molecule has 0 unspecified atom stereocenters. The molecule has 0 aliphatic heterocycles. The molecule has 150 valence electrons. The number of para-hydroxylation sites is 1. The molecule has 0 fully saturated rings. The molecule has 2 rings (SSSR count). The number of hydrogen-bond acceptors (Lipinski definition) is 1. The number of nitrogens with zero attached hydrogens (tertiary/aromatic N) is 1. The number of hydrogen-bond donors (Lipinski definition) is 0. The maximum Gasteiger partial charge on any atom is 0.251 e. The smallest absolute Gasteiger partial charge is 0.251 e. The van der Waals surface area contributed by atoms with Crippen molar-refractivity contribution in [3.8, 4) is 0 Å². The molecule has 2 aromatic rings. The van der Waals surface area contributed by atoms with E-state index in [1.165, 1.54) is 94.4 Å². The third-order valence-electron chi connectivity index (χ3n) is 5.79. The van der Waals surface area contributed by atoms with Crippen molar-refractivity contribution in [3.05, 3.63) is 46.2 Å². The molecule has 0 spiro atoms. The van der Waals surface area contributed by atoms with Crippen LogP contribution in [-0.4, -0.2) is 4.57 Å². The third kappa shape index (κ3) is 7.52. The minimum absolute atomic E-state index is 0.110. The Morgan fingerprint density at radius 3 is 1.85 bits per heavy atom. The first-order valence-corrected chi connectivity index (χ1v) is 11.3. The second kappa shape index (κ2) is 12.8. The Kier molecular flexibility index (Phi) is 10.3. The summed E-state index contributed by atoms with van der Waals surface area (Å²) in [4.78, 5) is 12.2. The average Bonchev–Trinajstić information content (AvgIpc) is 2.69. The molecule has 2 heteroatoms. The number of pyridine rings is 1. The first-order valence-electron chi connectivity index (χ1n) is 11.3. The van der Waals surface area contributed by atoms with Crippen LogP contribution in [0.5, 0.6) is 0 Å². The molecule has 1 aromatic heterocycles. The van der Waals surface area contributed by atoms with Gasteiger partial charge < -0.3 is 4.57 Å². The van der Waals surface area contributed by atoms with E-state index in [9.17, 15) is 4.79 Å². The lowest BCUT2D eigenvalue weighted by molar-refractivity contribution is 0.539. The van der Waals surface area contributed by atoms with Crippen molar-refractivity contribution in [1.29, 1.82) is 0 Å². The largest absolute Gasteiger partial charge is 0.311 e. The van der Waals surface area contributed by atoms with E-state index in [2.05, 4.69) is 19.1 Å². The molecule has 0 amide bonds. The van der Waals surface area contributed by atoms with Gasteiger partial charge in [0.05, 0.1) is 5.52 Å². The molecule has 2 nitrogen and oxygen atoms in total. The Balaban J connectivity index is 1.57. The Morgan fingerprint density at radius 1 is 0.741 bits per heavy atom. The summed E-state index contributed by atoms with van der Waals surface area (Å²) < 4.78 is 1.75. The third-order valence-corrected chi connectivity index (χ3v) is 5.79. The van der Waals surface area contributed by atoms with E-state index >= 15 is 0 Å². The predicted molar refractivity (Wildman–Crippen MR) is 119 cm³/mol. The second-order valence-corrected chi connectivity index (χ2v) is 8.08. The highest BCUT2D eigenvalue weighted by Crippen LogP contribution is 2.19. The van der Waals surface area contributed by atoms with Gasteiger partial charge in [0.2, 0.25) is 0 Å². The van der Waals surface area contributed by atoms with Crippen molar-refractivity contribution in [2.24, 2.45) is 7.05 Å². The highest BCUT2D eigenvalue weighted by atomic mass is 16.1. The van der Waals surface area contributed by atoms with Crippen LogP contribution in [0.15, 0.2) is 35.1 Å². The maximum atomic E-state index is 12.2. The van der Waals surface area contributed by atoms with Gasteiger partial charge in [-0.2, -0.15) is 0 Å². The Bertz CT molecular complexity index is 716. The molecule has 0 radical (unpaired) electrons. The van der Waals surface area contributed by atoms with Gasteiger partial charge in [0.15, 0.2) is 0 Å². The van der Waals surface area contributed by atoms with E-state index in [1.807, 2.05) is 25.2 Å². The summed E-state index contributed by atoms with van der Waals surface area (Å²) in [6, 6.07) is 10.1. The van der Waals surface area contributed by atoms with Crippen molar-refractivity contribution in [2.75, 3.05) is 0 Å². The van der Waals surface area contributed by atoms with Crippen LogP contribution in [-0.2, 0) is 13.5 Å². The molecule has 1 aromatic carbocycles. The summed E-state index contributed by atoms with van der Waals surface area (Å²) in [5.41, 5.74) is 2.38. The first-order chi connectivity index (χ1) is 13.2. The van der Waals surface area contributed by atoms with Crippen LogP contribution < -0.4 is 5.56 Å². The summed E-state index contributed by atoms with van der Waals surface area (Å²) in [6.45, 7) is 2.28. The number of fused-ring (bicyclic) bond motifs is 1. The van der Waals surface area contributed by atoms with Crippen LogP contribution in [0.4, 0.5) is 0 Å². The number of benzene rings is 1. The summed E-state index contributed by atoms with van der Waals surface area (Å²) >= 11 is 0. The molecule has 27 heavy (non-hydrogen) atoms. The molecule has 1 heterocycles. The SMILES string of the molecule is CCCCCCCCCCCCCCCc1cc(=O)n(C)c2ccccc12. The van der Waals surface area contributed by atoms with Gasteiger partial charge >= 0.3 is 0 Å². The van der Waals surface area contributed by atoms with Crippen molar-refractivity contribution in [3.63, 3.8) is 0 Å². The number of rotatable bonds is 14. The van der Waals surface area contributed by atoms with Gasteiger partial charge in [-0.25, -0.2) is 0 Å². The Hall–Kier alpha value is -1.57. The van der Waals surface area contributed by atoms with E-state index in [0.717, 1.165) is 11.9 Å². The van der Waals surface area contributed by atoms with Crippen LogP contribution in [0.1, 0.15) is 96.0 Å². The van der Waals surface area contributed by atoms with Crippen LogP contribution in [0.2, 0.25) is 0 Å². The fraction of sp³-hybridized carbons (Fsp3) is 0.640. The summed E-state index contributed by atoms with van der Waals surface area (Å²) in [5, 5.41) is 1.23. The Labute approximate surface area is 166 Å². The van der Waals surface area contributed by atoms with Gasteiger partial charge in [0, 0.05) is 18.5 Å². The zero-order valence-electron chi connectivity index (χ0n) is 17.6. The Morgan fingerprint density at radius 2 is 1.26 bits per heavy atom. The van der Waals surface area contributed by atoms with Gasteiger partial charge in [0.25, 0.3) is 5.56 Å². The number of aryl methyl sites for hydroxylation is 2. The monoisotopic (exact) mass is 369 g/mol. The molecule has 0 saturated heterocycles. The highest BCUT2D eigenvalue weighted by Gasteiger charge is 2.05. The molecule has 0 atom stereocenters. The minimum atomic E-state index is 0.110. The molecule has 0 aliphatic rings.